The highest BCUT2D eigenvalue weighted by atomic mass is 35.5. The molecule has 1 unspecified atom stereocenters. The molecule has 4 N–H and O–H groups in total. The molecule has 1 aromatic carbocycles. The summed E-state index contributed by atoms with van der Waals surface area (Å²) in [5, 5.41) is 6.29. The number of benzene rings is 1. The van der Waals surface area contributed by atoms with Gasteiger partial charge >= 0.3 is 6.18 Å². The van der Waals surface area contributed by atoms with Gasteiger partial charge in [-0.25, -0.2) is 4.99 Å². The second kappa shape index (κ2) is 9.06. The number of hydrogen-bond acceptors (Lipinski definition) is 6. The van der Waals surface area contributed by atoms with Gasteiger partial charge in [-0.2, -0.15) is 13.2 Å². The van der Waals surface area contributed by atoms with Crippen molar-refractivity contribution in [1.82, 2.24) is 20.4 Å². The van der Waals surface area contributed by atoms with Crippen LogP contribution in [-0.2, 0) is 11.0 Å². The van der Waals surface area contributed by atoms with Crippen LogP contribution in [0.1, 0.15) is 36.9 Å². The summed E-state index contributed by atoms with van der Waals surface area (Å²) in [6.45, 7) is 4.31. The van der Waals surface area contributed by atoms with Crippen molar-refractivity contribution in [1.29, 1.82) is 0 Å². The molecule has 1 aromatic rings. The third-order valence-corrected chi connectivity index (χ3v) is 6.63. The number of nitrogen functional groups attached to an aromatic ring is 1. The van der Waals surface area contributed by atoms with Crippen molar-refractivity contribution in [2.75, 3.05) is 39.0 Å². The van der Waals surface area contributed by atoms with Crippen LogP contribution in [-0.4, -0.2) is 60.4 Å². The summed E-state index contributed by atoms with van der Waals surface area (Å²) in [7, 11) is 2.05. The molecule has 3 aliphatic heterocycles. The fourth-order valence-electron chi connectivity index (χ4n) is 4.52. The van der Waals surface area contributed by atoms with Gasteiger partial charge in [0.25, 0.3) is 0 Å². The van der Waals surface area contributed by atoms with Crippen molar-refractivity contribution in [2.24, 2.45) is 10.9 Å². The van der Waals surface area contributed by atoms with Gasteiger partial charge in [-0.15, -0.1) is 0 Å². The molecule has 2 atom stereocenters. The number of alkyl halides is 4. The van der Waals surface area contributed by atoms with Gasteiger partial charge in [0.15, 0.2) is 5.62 Å². The van der Waals surface area contributed by atoms with Crippen LogP contribution in [0.2, 0.25) is 0 Å². The molecule has 3 heterocycles. The van der Waals surface area contributed by atoms with E-state index in [0.29, 0.717) is 24.5 Å². The standard InChI is InChI=1S/C22H28ClF3N6O/c1-12(14-7-15(22(24,25)26)9-16(27)8-14)28-19-17-10-32(11-18(17)29-21(23)30-19)20(33)13-3-5-31(2)6-4-13/h7-9,12-13,21,29H,3-6,10-11,27H2,1-2H3,(H,28,30)/t12-,21?/m1/s1. The summed E-state index contributed by atoms with van der Waals surface area (Å²) in [5.41, 5.74) is 6.22. The zero-order chi connectivity index (χ0) is 23.9. The molecule has 1 saturated heterocycles. The molecule has 33 heavy (non-hydrogen) atoms. The van der Waals surface area contributed by atoms with Gasteiger partial charge in [0.1, 0.15) is 5.84 Å². The maximum absolute atomic E-state index is 13.2. The molecular formula is C22H28ClF3N6O. The van der Waals surface area contributed by atoms with Crippen LogP contribution in [0.4, 0.5) is 18.9 Å². The van der Waals surface area contributed by atoms with Crippen LogP contribution in [0.3, 0.4) is 0 Å². The van der Waals surface area contributed by atoms with Gasteiger partial charge in [0.2, 0.25) is 5.91 Å². The number of halogens is 4. The Morgan fingerprint density at radius 3 is 2.64 bits per heavy atom. The van der Waals surface area contributed by atoms with Crippen LogP contribution in [0.5, 0.6) is 0 Å². The van der Waals surface area contributed by atoms with Crippen molar-refractivity contribution in [2.45, 2.75) is 37.6 Å². The molecular weight excluding hydrogens is 457 g/mol. The molecule has 7 nitrogen and oxygen atoms in total. The zero-order valence-electron chi connectivity index (χ0n) is 18.5. The molecule has 0 bridgehead atoms. The highest BCUT2D eigenvalue weighted by Gasteiger charge is 2.36. The lowest BCUT2D eigenvalue weighted by atomic mass is 9.95. The van der Waals surface area contributed by atoms with E-state index in [0.717, 1.165) is 49.3 Å². The molecule has 0 spiro atoms. The highest BCUT2D eigenvalue weighted by Crippen LogP contribution is 2.33. The summed E-state index contributed by atoms with van der Waals surface area (Å²) in [6, 6.07) is 2.99. The topological polar surface area (TPSA) is 86.0 Å². The van der Waals surface area contributed by atoms with Crippen molar-refractivity contribution in [3.63, 3.8) is 0 Å². The fourth-order valence-corrected chi connectivity index (χ4v) is 4.75. The number of amidine groups is 1. The van der Waals surface area contributed by atoms with Crippen molar-refractivity contribution in [3.05, 3.63) is 40.6 Å². The minimum atomic E-state index is -4.49. The number of carbonyl (C=O) groups is 1. The molecule has 1 fully saturated rings. The van der Waals surface area contributed by atoms with E-state index in [-0.39, 0.29) is 17.5 Å². The Kier molecular flexibility index (Phi) is 6.50. The predicted molar refractivity (Wildman–Crippen MR) is 121 cm³/mol. The Labute approximate surface area is 195 Å². The quantitative estimate of drug-likeness (QED) is 0.349. The SMILES string of the molecule is C[C@@H](NC1=NC(Cl)NC2=C1CN(C(=O)C1CCN(C)CC1)C2)c1cc(N)cc(C(F)(F)F)c1. The first-order chi connectivity index (χ1) is 15.5. The Balaban J connectivity index is 1.48. The number of nitrogens with one attached hydrogen (secondary N) is 2. The molecule has 3 aliphatic rings. The molecule has 4 rings (SSSR count). The number of nitrogens with two attached hydrogens (primary N) is 1. The smallest absolute Gasteiger partial charge is 0.399 e. The Hall–Kier alpha value is -2.46. The van der Waals surface area contributed by atoms with Crippen molar-refractivity contribution < 1.29 is 18.0 Å². The predicted octanol–water partition coefficient (Wildman–Crippen LogP) is 2.90. The van der Waals surface area contributed by atoms with Crippen LogP contribution in [0.15, 0.2) is 34.5 Å². The highest BCUT2D eigenvalue weighted by molar-refractivity contribution is 6.22. The largest absolute Gasteiger partial charge is 0.416 e. The molecule has 0 aromatic heterocycles. The Bertz CT molecular complexity index is 987. The molecule has 0 aliphatic carbocycles. The number of piperidine rings is 1. The third kappa shape index (κ3) is 5.22. The number of hydrogen-bond donors (Lipinski definition) is 3. The van der Waals surface area contributed by atoms with Gasteiger partial charge in [-0.1, -0.05) is 11.6 Å². The summed E-state index contributed by atoms with van der Waals surface area (Å²) in [6.07, 6.45) is -2.84. The lowest BCUT2D eigenvalue weighted by Gasteiger charge is -2.31. The summed E-state index contributed by atoms with van der Waals surface area (Å²) < 4.78 is 39.7. The first-order valence-electron chi connectivity index (χ1n) is 10.9. The number of likely N-dealkylation sites (tertiary alicyclic amines) is 1. The summed E-state index contributed by atoms with van der Waals surface area (Å²) in [5.74, 6) is 0.587. The van der Waals surface area contributed by atoms with Gasteiger partial charge in [-0.3, -0.25) is 4.79 Å². The van der Waals surface area contributed by atoms with Gasteiger partial charge in [-0.05, 0) is 63.7 Å². The number of nitrogens with zero attached hydrogens (tertiary/aromatic N) is 3. The number of carbonyl (C=O) groups excluding carboxylic acids is 1. The fraction of sp³-hybridized carbons (Fsp3) is 0.545. The van der Waals surface area contributed by atoms with Gasteiger partial charge in [0, 0.05) is 22.9 Å². The zero-order valence-corrected chi connectivity index (χ0v) is 19.3. The van der Waals surface area contributed by atoms with E-state index in [9.17, 15) is 18.0 Å². The number of anilines is 1. The maximum atomic E-state index is 13.2. The van der Waals surface area contributed by atoms with E-state index in [1.807, 2.05) is 0 Å². The first kappa shape index (κ1) is 23.7. The minimum absolute atomic E-state index is 0.00490. The lowest BCUT2D eigenvalue weighted by Crippen LogP contribution is -2.41. The third-order valence-electron chi connectivity index (χ3n) is 6.42. The first-order valence-corrected chi connectivity index (χ1v) is 11.4. The van der Waals surface area contributed by atoms with Crippen LogP contribution in [0.25, 0.3) is 0 Å². The van der Waals surface area contributed by atoms with Crippen LogP contribution in [0, 0.1) is 5.92 Å². The molecule has 180 valence electrons. The lowest BCUT2D eigenvalue weighted by molar-refractivity contribution is -0.137. The monoisotopic (exact) mass is 484 g/mol. The van der Waals surface area contributed by atoms with E-state index in [4.69, 9.17) is 17.3 Å². The molecule has 1 amide bonds. The molecule has 11 heteroatoms. The second-order valence-electron chi connectivity index (χ2n) is 8.94. The second-order valence-corrected chi connectivity index (χ2v) is 9.35. The number of aliphatic imine (C=N–C) groups is 1. The summed E-state index contributed by atoms with van der Waals surface area (Å²) in [4.78, 5) is 21.5. The van der Waals surface area contributed by atoms with Gasteiger partial charge < -0.3 is 26.2 Å². The van der Waals surface area contributed by atoms with Gasteiger partial charge in [0.05, 0.1) is 24.7 Å². The number of amides is 1. The van der Waals surface area contributed by atoms with E-state index in [2.05, 4.69) is 27.6 Å². The van der Waals surface area contributed by atoms with Crippen LogP contribution < -0.4 is 16.4 Å². The van der Waals surface area contributed by atoms with Crippen molar-refractivity contribution in [3.8, 4) is 0 Å². The average molecular weight is 485 g/mol. The average Bonchev–Trinajstić information content (AvgIpc) is 3.17. The summed E-state index contributed by atoms with van der Waals surface area (Å²) >= 11 is 6.26. The minimum Gasteiger partial charge on any atom is -0.399 e. The normalized spacial score (nSPS) is 23.2. The Morgan fingerprint density at radius 2 is 1.97 bits per heavy atom. The maximum Gasteiger partial charge on any atom is 0.416 e. The van der Waals surface area contributed by atoms with Crippen LogP contribution >= 0.6 is 11.6 Å². The van der Waals surface area contributed by atoms with E-state index in [1.54, 1.807) is 11.8 Å². The molecule has 0 radical (unpaired) electrons. The van der Waals surface area contributed by atoms with E-state index in [1.165, 1.54) is 6.07 Å². The van der Waals surface area contributed by atoms with E-state index >= 15 is 0 Å². The van der Waals surface area contributed by atoms with E-state index < -0.39 is 23.4 Å². The Morgan fingerprint density at radius 1 is 1.27 bits per heavy atom. The van der Waals surface area contributed by atoms with Crippen molar-refractivity contribution >= 4 is 29.0 Å². The number of rotatable bonds is 3. The molecule has 0 saturated carbocycles.